The summed E-state index contributed by atoms with van der Waals surface area (Å²) in [5.41, 5.74) is 5.15. The van der Waals surface area contributed by atoms with Gasteiger partial charge in [0.2, 0.25) is 10.8 Å². The van der Waals surface area contributed by atoms with Crippen LogP contribution in [0.4, 0.5) is 0 Å². The Hall–Kier alpha value is -2.60. The zero-order valence-electron chi connectivity index (χ0n) is 13.7. The summed E-state index contributed by atoms with van der Waals surface area (Å²) in [6, 6.07) is 12.7. The van der Waals surface area contributed by atoms with E-state index in [-0.39, 0.29) is 0 Å². The van der Waals surface area contributed by atoms with Gasteiger partial charge in [0.15, 0.2) is 0 Å². The molecule has 25 heavy (non-hydrogen) atoms. The summed E-state index contributed by atoms with van der Waals surface area (Å²) in [4.78, 5) is 5.17. The summed E-state index contributed by atoms with van der Waals surface area (Å²) in [6.45, 7) is 0. The Morgan fingerprint density at radius 2 is 1.92 bits per heavy atom. The summed E-state index contributed by atoms with van der Waals surface area (Å²) < 4.78 is 1.81. The number of hydrogen-bond acceptors (Lipinski definition) is 5. The van der Waals surface area contributed by atoms with E-state index < -0.39 is 0 Å². The van der Waals surface area contributed by atoms with Crippen LogP contribution in [0.3, 0.4) is 0 Å². The lowest BCUT2D eigenvalue weighted by Crippen LogP contribution is -2.03. The molecule has 3 heterocycles. The lowest BCUT2D eigenvalue weighted by molar-refractivity contribution is 0.684. The molecule has 6 heteroatoms. The van der Waals surface area contributed by atoms with Gasteiger partial charge in [0, 0.05) is 12.6 Å². The van der Waals surface area contributed by atoms with E-state index in [1.54, 1.807) is 22.0 Å². The molecule has 4 aromatic rings. The maximum atomic E-state index is 4.73. The molecule has 0 unspecified atom stereocenters. The summed E-state index contributed by atoms with van der Waals surface area (Å²) >= 11 is 1.60. The molecule has 0 spiro atoms. The third-order valence-electron chi connectivity index (χ3n) is 4.69. The van der Waals surface area contributed by atoms with E-state index in [1.165, 1.54) is 42.4 Å². The van der Waals surface area contributed by atoms with E-state index in [4.69, 9.17) is 5.10 Å². The average molecular weight is 347 g/mol. The fraction of sp³-hybridized carbons (Fsp3) is 0.263. The van der Waals surface area contributed by atoms with Crippen molar-refractivity contribution >= 4 is 16.3 Å². The summed E-state index contributed by atoms with van der Waals surface area (Å²) in [5, 5.41) is 14.3. The Bertz CT molecular complexity index is 1030. The molecule has 124 valence electrons. The van der Waals surface area contributed by atoms with Crippen molar-refractivity contribution in [3.63, 3.8) is 0 Å². The molecule has 5 nitrogen and oxygen atoms in total. The van der Waals surface area contributed by atoms with Crippen LogP contribution in [-0.2, 0) is 19.3 Å². The Morgan fingerprint density at radius 1 is 1.00 bits per heavy atom. The minimum absolute atomic E-state index is 0.698. The Kier molecular flexibility index (Phi) is 3.56. The highest BCUT2D eigenvalue weighted by Gasteiger charge is 2.15. The number of pyridine rings is 1. The van der Waals surface area contributed by atoms with Crippen molar-refractivity contribution in [1.29, 1.82) is 0 Å². The number of hydrogen-bond donors (Lipinski definition) is 0. The number of benzene rings is 1. The van der Waals surface area contributed by atoms with Gasteiger partial charge in [0.1, 0.15) is 10.7 Å². The Labute approximate surface area is 149 Å². The highest BCUT2D eigenvalue weighted by Crippen LogP contribution is 2.25. The van der Waals surface area contributed by atoms with Crippen molar-refractivity contribution in [2.45, 2.75) is 32.1 Å². The molecule has 3 aromatic heterocycles. The lowest BCUT2D eigenvalue weighted by atomic mass is 9.90. The SMILES string of the molecule is c1ccc(-c2nnc3sc(Cc4ccc5c(c4)CCCC5)nn23)nc1. The molecular weight excluding hydrogens is 330 g/mol. The van der Waals surface area contributed by atoms with Gasteiger partial charge in [-0.3, -0.25) is 4.98 Å². The molecule has 1 aliphatic rings. The van der Waals surface area contributed by atoms with E-state index in [2.05, 4.69) is 33.4 Å². The minimum atomic E-state index is 0.698. The zero-order chi connectivity index (χ0) is 16.6. The standard InChI is InChI=1S/C19H17N5S/c1-2-6-15-11-13(8-9-14(15)5-1)12-17-23-24-18(21-22-19(24)25-17)16-7-3-4-10-20-16/h3-4,7-11H,1-2,5-6,12H2. The largest absolute Gasteiger partial charge is 0.253 e. The highest BCUT2D eigenvalue weighted by molar-refractivity contribution is 7.16. The van der Waals surface area contributed by atoms with Gasteiger partial charge >= 0.3 is 0 Å². The van der Waals surface area contributed by atoms with Crippen molar-refractivity contribution in [1.82, 2.24) is 24.8 Å². The Balaban J connectivity index is 1.47. The molecule has 0 amide bonds. The minimum Gasteiger partial charge on any atom is -0.253 e. The molecular formula is C19H17N5S. The topological polar surface area (TPSA) is 56.0 Å². The van der Waals surface area contributed by atoms with Gasteiger partial charge in [-0.2, -0.15) is 9.61 Å². The number of aryl methyl sites for hydroxylation is 2. The first-order valence-corrected chi connectivity index (χ1v) is 9.42. The van der Waals surface area contributed by atoms with Gasteiger partial charge in [-0.05, 0) is 54.5 Å². The third-order valence-corrected chi connectivity index (χ3v) is 5.59. The molecule has 0 N–H and O–H groups in total. The van der Waals surface area contributed by atoms with Crippen molar-refractivity contribution < 1.29 is 0 Å². The van der Waals surface area contributed by atoms with E-state index in [0.29, 0.717) is 5.82 Å². The number of fused-ring (bicyclic) bond motifs is 2. The lowest BCUT2D eigenvalue weighted by Gasteiger charge is -2.16. The second kappa shape index (κ2) is 6.04. The van der Waals surface area contributed by atoms with Crippen LogP contribution >= 0.6 is 11.3 Å². The fourth-order valence-corrected chi connectivity index (χ4v) is 4.32. The molecule has 0 atom stereocenters. The molecule has 1 aromatic carbocycles. The van der Waals surface area contributed by atoms with Crippen molar-refractivity contribution in [3.8, 4) is 11.5 Å². The van der Waals surface area contributed by atoms with Gasteiger partial charge in [0.25, 0.3) is 0 Å². The van der Waals surface area contributed by atoms with Crippen LogP contribution in [0.25, 0.3) is 16.5 Å². The Morgan fingerprint density at radius 3 is 2.80 bits per heavy atom. The van der Waals surface area contributed by atoms with Gasteiger partial charge in [-0.1, -0.05) is 35.6 Å². The second-order valence-electron chi connectivity index (χ2n) is 6.42. The van der Waals surface area contributed by atoms with Crippen molar-refractivity contribution in [3.05, 3.63) is 64.3 Å². The van der Waals surface area contributed by atoms with Gasteiger partial charge in [-0.25, -0.2) is 0 Å². The average Bonchev–Trinajstić information content (AvgIpc) is 3.22. The molecule has 0 saturated heterocycles. The molecule has 5 rings (SSSR count). The summed E-state index contributed by atoms with van der Waals surface area (Å²) in [6.07, 6.45) is 7.65. The normalized spacial score (nSPS) is 13.9. The third kappa shape index (κ3) is 2.72. The zero-order valence-corrected chi connectivity index (χ0v) is 14.5. The molecule has 0 saturated carbocycles. The maximum Gasteiger partial charge on any atom is 0.235 e. The molecule has 1 aliphatic carbocycles. The smallest absolute Gasteiger partial charge is 0.235 e. The monoisotopic (exact) mass is 347 g/mol. The second-order valence-corrected chi connectivity index (χ2v) is 7.46. The quantitative estimate of drug-likeness (QED) is 0.567. The van der Waals surface area contributed by atoms with Crippen LogP contribution in [0, 0.1) is 0 Å². The van der Waals surface area contributed by atoms with Crippen LogP contribution in [-0.4, -0.2) is 24.8 Å². The van der Waals surface area contributed by atoms with Gasteiger partial charge in [0.05, 0.1) is 0 Å². The van der Waals surface area contributed by atoms with Crippen molar-refractivity contribution in [2.24, 2.45) is 0 Å². The van der Waals surface area contributed by atoms with Crippen LogP contribution in [0.1, 0.15) is 34.5 Å². The van der Waals surface area contributed by atoms with E-state index in [1.807, 2.05) is 18.2 Å². The first-order valence-electron chi connectivity index (χ1n) is 8.60. The van der Waals surface area contributed by atoms with Crippen LogP contribution in [0.15, 0.2) is 42.6 Å². The van der Waals surface area contributed by atoms with Gasteiger partial charge in [-0.15, -0.1) is 10.2 Å². The molecule has 0 radical (unpaired) electrons. The summed E-state index contributed by atoms with van der Waals surface area (Å²) in [7, 11) is 0. The van der Waals surface area contributed by atoms with Crippen LogP contribution in [0.2, 0.25) is 0 Å². The van der Waals surface area contributed by atoms with Crippen LogP contribution < -0.4 is 0 Å². The van der Waals surface area contributed by atoms with E-state index >= 15 is 0 Å². The first-order chi connectivity index (χ1) is 12.4. The van der Waals surface area contributed by atoms with E-state index in [0.717, 1.165) is 22.1 Å². The number of nitrogens with zero attached hydrogens (tertiary/aromatic N) is 5. The summed E-state index contributed by atoms with van der Waals surface area (Å²) in [5.74, 6) is 0.698. The van der Waals surface area contributed by atoms with E-state index in [9.17, 15) is 0 Å². The first kappa shape index (κ1) is 14.7. The predicted molar refractivity (Wildman–Crippen MR) is 97.8 cm³/mol. The highest BCUT2D eigenvalue weighted by atomic mass is 32.1. The fourth-order valence-electron chi connectivity index (χ4n) is 3.45. The van der Waals surface area contributed by atoms with Gasteiger partial charge < -0.3 is 0 Å². The number of rotatable bonds is 3. The molecule has 0 fully saturated rings. The van der Waals surface area contributed by atoms with Crippen LogP contribution in [0.5, 0.6) is 0 Å². The molecule has 0 aliphatic heterocycles. The predicted octanol–water partition coefficient (Wildman–Crippen LogP) is 3.72. The number of aromatic nitrogens is 5. The molecule has 0 bridgehead atoms. The van der Waals surface area contributed by atoms with Crippen molar-refractivity contribution in [2.75, 3.05) is 0 Å². The maximum absolute atomic E-state index is 4.73.